The molecule has 0 spiro atoms. The fraction of sp³-hybridized carbons (Fsp3) is 0.463. The number of nitrogen functional groups attached to an aromatic ring is 1. The van der Waals surface area contributed by atoms with Gasteiger partial charge in [-0.2, -0.15) is 0 Å². The molecule has 4 N–H and O–H groups in total. The first-order chi connectivity index (χ1) is 26.2. The first kappa shape index (κ1) is 41.5. The Kier molecular flexibility index (Phi) is 12.8. The van der Waals surface area contributed by atoms with E-state index in [4.69, 9.17) is 41.0 Å². The molecule has 6 rings (SSSR count). The van der Waals surface area contributed by atoms with Crippen molar-refractivity contribution in [1.82, 2.24) is 4.98 Å². The second kappa shape index (κ2) is 17.0. The number of aliphatic hydroxyl groups is 1. The van der Waals surface area contributed by atoms with Crippen LogP contribution in [0.4, 0.5) is 21.9 Å². The molecule has 0 aliphatic carbocycles. The minimum absolute atomic E-state index is 0.0659. The van der Waals surface area contributed by atoms with Crippen LogP contribution in [0.25, 0.3) is 10.9 Å². The van der Waals surface area contributed by atoms with E-state index in [0.717, 1.165) is 11.1 Å². The van der Waals surface area contributed by atoms with Crippen LogP contribution in [0.1, 0.15) is 59.4 Å². The van der Waals surface area contributed by atoms with Crippen LogP contribution in [0.5, 0.6) is 5.75 Å². The van der Waals surface area contributed by atoms with Crippen LogP contribution in [0, 0.1) is 5.92 Å². The summed E-state index contributed by atoms with van der Waals surface area (Å²) in [7, 11) is 4.57. The van der Waals surface area contributed by atoms with Crippen LogP contribution >= 0.6 is 11.6 Å². The van der Waals surface area contributed by atoms with Crippen molar-refractivity contribution in [3.63, 3.8) is 0 Å². The van der Waals surface area contributed by atoms with Gasteiger partial charge in [-0.15, -0.1) is 0 Å². The summed E-state index contributed by atoms with van der Waals surface area (Å²) < 4.78 is 29.4. The SMILES string of the molecule is CC.COc1cc2cc(c1Cl)N(C)C(=O)C[C@H](OC(=O)Nc1ccc(N)c3cccnc13)[C@]1(C)O[C@H]1[C@H](C)[C@@H]1C[C@@](O)(CC(=O)O1)[C@H](OC)/C=C/C=C(\C)C2. The molecule has 14 heteroatoms. The normalized spacial score (nSPS) is 29.7. The number of hydrogen-bond acceptors (Lipinski definition) is 11. The minimum atomic E-state index is -1.57. The number of amides is 2. The molecule has 3 aromatic rings. The molecule has 2 saturated heterocycles. The van der Waals surface area contributed by atoms with Crippen LogP contribution in [-0.2, 0) is 35.0 Å². The van der Waals surface area contributed by atoms with Gasteiger partial charge in [0.15, 0.2) is 0 Å². The molecule has 2 aromatic carbocycles. The number of rotatable bonds is 4. The van der Waals surface area contributed by atoms with Gasteiger partial charge in [0, 0.05) is 43.8 Å². The molecule has 0 radical (unpaired) electrons. The lowest BCUT2D eigenvalue weighted by atomic mass is 9.78. The summed E-state index contributed by atoms with van der Waals surface area (Å²) in [4.78, 5) is 46.6. The quantitative estimate of drug-likeness (QED) is 0.145. The highest BCUT2D eigenvalue weighted by atomic mass is 35.5. The van der Waals surface area contributed by atoms with Crippen molar-refractivity contribution in [1.29, 1.82) is 0 Å². The maximum absolute atomic E-state index is 14.2. The molecule has 2 fully saturated rings. The summed E-state index contributed by atoms with van der Waals surface area (Å²) in [6, 6.07) is 10.4. The van der Waals surface area contributed by atoms with E-state index in [1.54, 1.807) is 62.7 Å². The average molecular weight is 779 g/mol. The topological polar surface area (TPSA) is 175 Å². The highest BCUT2D eigenvalue weighted by Gasteiger charge is 2.64. The minimum Gasteiger partial charge on any atom is -0.495 e. The number of benzene rings is 2. The molecule has 0 unspecified atom stereocenters. The van der Waals surface area contributed by atoms with Crippen LogP contribution in [0.2, 0.25) is 5.02 Å². The van der Waals surface area contributed by atoms with Gasteiger partial charge in [-0.25, -0.2) is 4.79 Å². The zero-order chi connectivity index (χ0) is 40.2. The van der Waals surface area contributed by atoms with E-state index in [1.807, 2.05) is 39.8 Å². The number of epoxide rings is 1. The summed E-state index contributed by atoms with van der Waals surface area (Å²) >= 11 is 6.77. The van der Waals surface area contributed by atoms with Gasteiger partial charge in [-0.05, 0) is 62.2 Å². The van der Waals surface area contributed by atoms with Crippen molar-refractivity contribution in [2.24, 2.45) is 5.92 Å². The zero-order valence-electron chi connectivity index (χ0n) is 32.6. The van der Waals surface area contributed by atoms with E-state index < -0.39 is 59.5 Å². The first-order valence-corrected chi connectivity index (χ1v) is 18.8. The number of halogens is 1. The van der Waals surface area contributed by atoms with Crippen molar-refractivity contribution in [3.05, 3.63) is 77.0 Å². The maximum Gasteiger partial charge on any atom is 0.412 e. The molecule has 3 aliphatic rings. The summed E-state index contributed by atoms with van der Waals surface area (Å²) in [5.41, 5.74) is 6.88. The predicted molar refractivity (Wildman–Crippen MR) is 211 cm³/mol. The molecule has 3 aliphatic heterocycles. The first-order valence-electron chi connectivity index (χ1n) is 18.4. The number of nitrogens with one attached hydrogen (secondary N) is 1. The molecule has 4 heterocycles. The smallest absolute Gasteiger partial charge is 0.412 e. The fourth-order valence-electron chi connectivity index (χ4n) is 7.42. The Balaban J connectivity index is 0.00000285. The number of pyridine rings is 1. The standard InChI is InChI=1S/C39H45ClN4O9.C2H6/c1-21-9-7-11-30(50-6)39(48)19-29(51-33(46)20-39)22(2)36-38(3,53-36)31(18-32(45)44(4)27-16-23(15-21)17-28(49-5)34(27)40)52-37(47)43-26-13-12-25(41)24-10-8-14-42-35(24)26;1-2/h7-14,16-17,22,29-31,36,48H,15,18-20,41H2,1-6H3,(H,43,47);1-2H3/b11-7+,21-9+;/t22-,29+,30-,31+,36+,38+,39-;/m1./s1. The number of aromatic nitrogens is 1. The molecule has 296 valence electrons. The van der Waals surface area contributed by atoms with Gasteiger partial charge in [0.2, 0.25) is 5.91 Å². The highest BCUT2D eigenvalue weighted by molar-refractivity contribution is 6.35. The van der Waals surface area contributed by atoms with E-state index in [1.165, 1.54) is 19.1 Å². The molecular formula is C41H51ClN4O9. The van der Waals surface area contributed by atoms with E-state index in [9.17, 15) is 19.5 Å². The number of nitrogens with zero attached hydrogens (tertiary/aromatic N) is 2. The monoisotopic (exact) mass is 778 g/mol. The number of carbonyl (C=O) groups excluding carboxylic acids is 3. The van der Waals surface area contributed by atoms with Crippen molar-refractivity contribution in [2.75, 3.05) is 37.2 Å². The molecule has 55 heavy (non-hydrogen) atoms. The van der Waals surface area contributed by atoms with Gasteiger partial charge < -0.3 is 39.4 Å². The summed E-state index contributed by atoms with van der Waals surface area (Å²) in [5, 5.41) is 15.5. The second-order valence-corrected chi connectivity index (χ2v) is 14.6. The Morgan fingerprint density at radius 2 is 1.93 bits per heavy atom. The number of methoxy groups -OCH3 is 2. The number of ether oxygens (including phenoxy) is 5. The molecular weight excluding hydrogens is 728 g/mol. The Labute approximate surface area is 326 Å². The van der Waals surface area contributed by atoms with Gasteiger partial charge in [-0.3, -0.25) is 19.9 Å². The Morgan fingerprint density at radius 3 is 2.64 bits per heavy atom. The molecule has 7 atom stereocenters. The van der Waals surface area contributed by atoms with Gasteiger partial charge in [0.1, 0.15) is 40.3 Å². The largest absolute Gasteiger partial charge is 0.495 e. The van der Waals surface area contributed by atoms with Crippen molar-refractivity contribution in [3.8, 4) is 5.75 Å². The van der Waals surface area contributed by atoms with Gasteiger partial charge in [-0.1, -0.05) is 56.2 Å². The van der Waals surface area contributed by atoms with Crippen molar-refractivity contribution in [2.45, 2.75) is 95.9 Å². The average Bonchev–Trinajstić information content (AvgIpc) is 3.86. The van der Waals surface area contributed by atoms with Crippen molar-refractivity contribution < 1.29 is 43.2 Å². The molecule has 4 bridgehead atoms. The van der Waals surface area contributed by atoms with Gasteiger partial charge >= 0.3 is 12.1 Å². The fourth-order valence-corrected chi connectivity index (χ4v) is 7.74. The number of hydrogen-bond donors (Lipinski definition) is 3. The van der Waals surface area contributed by atoms with Gasteiger partial charge in [0.05, 0.1) is 42.9 Å². The Hall–Kier alpha value is -4.69. The van der Waals surface area contributed by atoms with Crippen LogP contribution in [-0.4, -0.2) is 84.9 Å². The zero-order valence-corrected chi connectivity index (χ0v) is 33.3. The predicted octanol–water partition coefficient (Wildman–Crippen LogP) is 6.78. The summed E-state index contributed by atoms with van der Waals surface area (Å²) in [6.45, 7) is 9.52. The van der Waals surface area contributed by atoms with Crippen molar-refractivity contribution >= 4 is 57.5 Å². The number of carbonyl (C=O) groups is 3. The van der Waals surface area contributed by atoms with E-state index in [0.29, 0.717) is 40.1 Å². The van der Waals surface area contributed by atoms with Crippen LogP contribution in [0.3, 0.4) is 0 Å². The maximum atomic E-state index is 14.2. The third-order valence-corrected chi connectivity index (χ3v) is 10.9. The lowest BCUT2D eigenvalue weighted by Crippen LogP contribution is -2.53. The lowest BCUT2D eigenvalue weighted by molar-refractivity contribution is -0.187. The lowest BCUT2D eigenvalue weighted by Gasteiger charge is -2.41. The molecule has 2 amide bonds. The number of anilines is 3. The Bertz CT molecular complexity index is 1990. The van der Waals surface area contributed by atoms with E-state index >= 15 is 0 Å². The van der Waals surface area contributed by atoms with E-state index in [-0.39, 0.29) is 24.3 Å². The van der Waals surface area contributed by atoms with Crippen LogP contribution in [0.15, 0.2) is 66.4 Å². The number of fused-ring (bicyclic) bond motifs is 6. The molecule has 1 aromatic heterocycles. The summed E-state index contributed by atoms with van der Waals surface area (Å²) in [5.74, 6) is -1.09. The van der Waals surface area contributed by atoms with Gasteiger partial charge in [0.25, 0.3) is 0 Å². The van der Waals surface area contributed by atoms with E-state index in [2.05, 4.69) is 10.3 Å². The number of allylic oxidation sites excluding steroid dienone is 3. The highest BCUT2D eigenvalue weighted by Crippen LogP contribution is 2.50. The number of esters is 1. The number of nitrogens with two attached hydrogens (primary N) is 1. The Morgan fingerprint density at radius 1 is 1.18 bits per heavy atom. The van der Waals surface area contributed by atoms with Crippen LogP contribution < -0.4 is 20.7 Å². The molecule has 0 saturated carbocycles. The molecule has 13 nitrogen and oxygen atoms in total. The third-order valence-electron chi connectivity index (χ3n) is 10.5. The summed E-state index contributed by atoms with van der Waals surface area (Å²) in [6.07, 6.45) is 2.77. The third kappa shape index (κ3) is 8.75. The second-order valence-electron chi connectivity index (χ2n) is 14.2.